The summed E-state index contributed by atoms with van der Waals surface area (Å²) in [5.74, 6) is -2.17. The Labute approximate surface area is 243 Å². The van der Waals surface area contributed by atoms with E-state index < -0.39 is 18.3 Å². The number of carbonyl (C=O) groups is 1. The Morgan fingerprint density at radius 1 is 1.20 bits per heavy atom. The van der Waals surface area contributed by atoms with Crippen LogP contribution < -0.4 is 4.90 Å². The minimum atomic E-state index is -5.08. The third-order valence-corrected chi connectivity index (χ3v) is 7.77. The highest BCUT2D eigenvalue weighted by molar-refractivity contribution is 6.35. The number of carboxylic acid groups (broad SMARTS) is 1. The molecule has 3 atom stereocenters. The molecule has 0 radical (unpaired) electrons. The minimum absolute atomic E-state index is 0.0315. The van der Waals surface area contributed by atoms with Gasteiger partial charge in [0.05, 0.1) is 18.8 Å². The van der Waals surface area contributed by atoms with Crippen molar-refractivity contribution < 1.29 is 27.5 Å². The highest BCUT2D eigenvalue weighted by Gasteiger charge is 2.38. The van der Waals surface area contributed by atoms with Crippen LogP contribution in [0.5, 0.6) is 0 Å². The van der Waals surface area contributed by atoms with E-state index in [9.17, 15) is 18.4 Å². The zero-order valence-corrected chi connectivity index (χ0v) is 23.5. The van der Waals surface area contributed by atoms with Crippen molar-refractivity contribution in [2.75, 3.05) is 31.1 Å². The molecule has 3 unspecified atom stereocenters. The van der Waals surface area contributed by atoms with Crippen LogP contribution in [-0.4, -0.2) is 80.3 Å². The van der Waals surface area contributed by atoms with Crippen molar-refractivity contribution in [1.82, 2.24) is 24.6 Å². The molecule has 3 aromatic rings. The zero-order chi connectivity index (χ0) is 29.9. The Hall–Kier alpha value is -3.21. The Bertz CT molecular complexity index is 1440. The third kappa shape index (κ3) is 6.99. The van der Waals surface area contributed by atoms with Crippen molar-refractivity contribution >= 4 is 46.2 Å². The summed E-state index contributed by atoms with van der Waals surface area (Å²) >= 11 is 12.5. The lowest BCUT2D eigenvalue weighted by Gasteiger charge is -2.42. The number of aromatic nitrogens is 4. The smallest absolute Gasteiger partial charge is 0.475 e. The van der Waals surface area contributed by atoms with Crippen molar-refractivity contribution in [3.8, 4) is 6.07 Å². The van der Waals surface area contributed by atoms with E-state index in [4.69, 9.17) is 38.1 Å². The van der Waals surface area contributed by atoms with Crippen molar-refractivity contribution in [1.29, 1.82) is 5.26 Å². The first-order chi connectivity index (χ1) is 19.4. The SMILES string of the molecule is CC(c1ccc(Cl)cc1Cl)n1nc(C#N)c2ncc(N3CCC(N4CCCCC4)C(F)C3)nc21.O=C(O)C(F)(F)F. The van der Waals surface area contributed by atoms with Crippen LogP contribution in [0.15, 0.2) is 24.4 Å². The molecule has 0 bridgehead atoms. The van der Waals surface area contributed by atoms with Gasteiger partial charge in [-0.05, 0) is 57.0 Å². The van der Waals surface area contributed by atoms with Crippen LogP contribution in [0.2, 0.25) is 10.0 Å². The molecule has 5 rings (SSSR count). The number of halogens is 6. The number of carboxylic acids is 1. The fraction of sp³-hybridized carbons (Fsp3) is 0.500. The number of alkyl halides is 4. The van der Waals surface area contributed by atoms with Crippen molar-refractivity contribution in [3.63, 3.8) is 0 Å². The number of fused-ring (bicyclic) bond motifs is 1. The number of hydrogen-bond donors (Lipinski definition) is 1. The van der Waals surface area contributed by atoms with Crippen LogP contribution in [0.1, 0.15) is 49.9 Å². The van der Waals surface area contributed by atoms with Crippen LogP contribution in [0, 0.1) is 11.3 Å². The molecule has 0 spiro atoms. The maximum atomic E-state index is 15.2. The Balaban J connectivity index is 0.000000493. The molecule has 1 aromatic carbocycles. The lowest BCUT2D eigenvalue weighted by Crippen LogP contribution is -2.54. The lowest BCUT2D eigenvalue weighted by molar-refractivity contribution is -0.192. The van der Waals surface area contributed by atoms with E-state index in [0.717, 1.165) is 37.9 Å². The Morgan fingerprint density at radius 3 is 2.46 bits per heavy atom. The maximum Gasteiger partial charge on any atom is 0.490 e. The molecule has 2 saturated heterocycles. The number of nitrogens with zero attached hydrogens (tertiary/aromatic N) is 7. The normalized spacial score (nSPS) is 20.7. The second kappa shape index (κ2) is 12.8. The first-order valence-corrected chi connectivity index (χ1v) is 13.7. The number of rotatable bonds is 4. The van der Waals surface area contributed by atoms with Gasteiger partial charge in [-0.3, -0.25) is 4.90 Å². The Morgan fingerprint density at radius 2 is 1.88 bits per heavy atom. The van der Waals surface area contributed by atoms with Gasteiger partial charge < -0.3 is 10.0 Å². The number of likely N-dealkylation sites (tertiary alicyclic amines) is 1. The number of piperidine rings is 2. The zero-order valence-electron chi connectivity index (χ0n) is 22.0. The largest absolute Gasteiger partial charge is 0.490 e. The Kier molecular flexibility index (Phi) is 9.56. The van der Waals surface area contributed by atoms with E-state index in [1.54, 1.807) is 23.0 Å². The van der Waals surface area contributed by atoms with Gasteiger partial charge >= 0.3 is 12.1 Å². The molecule has 15 heteroatoms. The number of nitriles is 1. The van der Waals surface area contributed by atoms with Gasteiger partial charge in [0.15, 0.2) is 11.3 Å². The summed E-state index contributed by atoms with van der Waals surface area (Å²) in [5, 5.41) is 22.2. The van der Waals surface area contributed by atoms with Crippen molar-refractivity contribution in [2.45, 2.75) is 57.0 Å². The van der Waals surface area contributed by atoms with Crippen molar-refractivity contribution in [2.24, 2.45) is 0 Å². The van der Waals surface area contributed by atoms with E-state index >= 15 is 4.39 Å². The van der Waals surface area contributed by atoms with Crippen LogP contribution in [-0.2, 0) is 4.79 Å². The molecular weight excluding hydrogens is 589 g/mol. The van der Waals surface area contributed by atoms with E-state index in [1.165, 1.54) is 6.42 Å². The first kappa shape index (κ1) is 30.7. The van der Waals surface area contributed by atoms with Gasteiger partial charge in [0.1, 0.15) is 23.6 Å². The molecule has 2 aliphatic heterocycles. The first-order valence-electron chi connectivity index (χ1n) is 12.9. The van der Waals surface area contributed by atoms with Gasteiger partial charge in [-0.15, -0.1) is 0 Å². The fourth-order valence-corrected chi connectivity index (χ4v) is 5.70. The predicted molar refractivity (Wildman–Crippen MR) is 145 cm³/mol. The van der Waals surface area contributed by atoms with Crippen molar-refractivity contribution in [3.05, 3.63) is 45.7 Å². The second-order valence-corrected chi connectivity index (χ2v) is 10.7. The van der Waals surface area contributed by atoms with Gasteiger partial charge in [0, 0.05) is 22.6 Å². The summed E-state index contributed by atoms with van der Waals surface area (Å²) in [7, 11) is 0. The van der Waals surface area contributed by atoms with Crippen LogP contribution in [0.25, 0.3) is 11.2 Å². The van der Waals surface area contributed by atoms with E-state index in [0.29, 0.717) is 33.6 Å². The van der Waals surface area contributed by atoms with Crippen LogP contribution >= 0.6 is 23.2 Å². The summed E-state index contributed by atoms with van der Waals surface area (Å²) in [6.45, 7) is 4.88. The average molecular weight is 616 g/mol. The summed E-state index contributed by atoms with van der Waals surface area (Å²) in [6, 6.07) is 7.04. The van der Waals surface area contributed by atoms with Gasteiger partial charge in [0.2, 0.25) is 0 Å². The molecule has 4 heterocycles. The highest BCUT2D eigenvalue weighted by Crippen LogP contribution is 2.32. The molecule has 41 heavy (non-hydrogen) atoms. The van der Waals surface area contributed by atoms with Gasteiger partial charge in [-0.2, -0.15) is 23.5 Å². The second-order valence-electron chi connectivity index (χ2n) is 9.86. The summed E-state index contributed by atoms with van der Waals surface area (Å²) in [5.41, 5.74) is 1.89. The molecule has 2 aromatic heterocycles. The van der Waals surface area contributed by atoms with E-state index in [1.807, 2.05) is 17.9 Å². The molecule has 0 saturated carbocycles. The molecule has 9 nitrogen and oxygen atoms in total. The summed E-state index contributed by atoms with van der Waals surface area (Å²) in [6.07, 6.45) is -0.133. The lowest BCUT2D eigenvalue weighted by atomic mass is 9.98. The van der Waals surface area contributed by atoms with E-state index in [2.05, 4.69) is 21.1 Å². The maximum absolute atomic E-state index is 15.2. The summed E-state index contributed by atoms with van der Waals surface area (Å²) < 4.78 is 48.6. The van der Waals surface area contributed by atoms with E-state index in [-0.39, 0.29) is 24.3 Å². The molecule has 1 N–H and O–H groups in total. The number of anilines is 1. The number of benzene rings is 1. The standard InChI is InChI=1S/C24H26Cl2FN7.C2HF3O2/c1-15(17-6-5-16(25)11-18(17)26)34-24-23(20(12-28)31-34)29-13-22(30-24)33-10-7-21(19(27)14-33)32-8-3-2-4-9-32;3-2(4,5)1(6)7/h5-6,11,13,15,19,21H,2-4,7-10,14H2,1H3;(H,6,7). The fourth-order valence-electron chi connectivity index (χ4n) is 5.13. The molecule has 220 valence electrons. The highest BCUT2D eigenvalue weighted by atomic mass is 35.5. The quantitative estimate of drug-likeness (QED) is 0.375. The van der Waals surface area contributed by atoms with Gasteiger partial charge in [0.25, 0.3) is 0 Å². The van der Waals surface area contributed by atoms with Gasteiger partial charge in [-0.25, -0.2) is 23.8 Å². The molecule has 2 aliphatic rings. The molecule has 0 amide bonds. The van der Waals surface area contributed by atoms with Gasteiger partial charge in [-0.1, -0.05) is 35.7 Å². The summed E-state index contributed by atoms with van der Waals surface area (Å²) in [4.78, 5) is 22.4. The topological polar surface area (TPSA) is 111 Å². The predicted octanol–water partition coefficient (Wildman–Crippen LogP) is 5.65. The number of aliphatic carboxylic acids is 1. The molecular formula is C26H27Cl2F4N7O2. The molecule has 0 aliphatic carbocycles. The third-order valence-electron chi connectivity index (χ3n) is 7.21. The monoisotopic (exact) mass is 615 g/mol. The van der Waals surface area contributed by atoms with Crippen LogP contribution in [0.3, 0.4) is 0 Å². The molecule has 2 fully saturated rings. The average Bonchev–Trinajstić information content (AvgIpc) is 3.31. The van der Waals surface area contributed by atoms with Crippen LogP contribution in [0.4, 0.5) is 23.4 Å². The minimum Gasteiger partial charge on any atom is -0.475 e. The number of hydrogen-bond acceptors (Lipinski definition) is 7.